The molecule has 0 amide bonds. The van der Waals surface area contributed by atoms with Crippen molar-refractivity contribution in [3.05, 3.63) is 30.1 Å². The van der Waals surface area contributed by atoms with Gasteiger partial charge in [0.15, 0.2) is 0 Å². The van der Waals surface area contributed by atoms with Crippen molar-refractivity contribution in [2.45, 2.75) is 45.6 Å². The smallest absolute Gasteiger partial charge is 0.0432 e. The molecule has 0 fully saturated rings. The van der Waals surface area contributed by atoms with Crippen LogP contribution in [-0.2, 0) is 0 Å². The molecule has 3 N–H and O–H groups in total. The molecule has 0 aliphatic heterocycles. The van der Waals surface area contributed by atoms with E-state index in [9.17, 15) is 0 Å². The summed E-state index contributed by atoms with van der Waals surface area (Å²) in [6, 6.07) is 6.04. The third-order valence-electron chi connectivity index (χ3n) is 3.53. The summed E-state index contributed by atoms with van der Waals surface area (Å²) in [5.74, 6) is 6.56. The Labute approximate surface area is 98.4 Å². The van der Waals surface area contributed by atoms with Crippen LogP contribution < -0.4 is 11.3 Å². The second-order valence-electron chi connectivity index (χ2n) is 5.08. The number of nitrogens with zero attached hydrogens (tertiary/aromatic N) is 1. The van der Waals surface area contributed by atoms with Gasteiger partial charge in [-0.2, -0.15) is 0 Å². The fourth-order valence-corrected chi connectivity index (χ4v) is 1.87. The van der Waals surface area contributed by atoms with E-state index in [4.69, 9.17) is 5.84 Å². The van der Waals surface area contributed by atoms with Crippen molar-refractivity contribution in [1.29, 1.82) is 0 Å². The highest BCUT2D eigenvalue weighted by atomic mass is 15.3. The zero-order valence-electron chi connectivity index (χ0n) is 10.7. The highest BCUT2D eigenvalue weighted by molar-refractivity contribution is 5.10. The van der Waals surface area contributed by atoms with Gasteiger partial charge in [0.05, 0.1) is 0 Å². The zero-order chi connectivity index (χ0) is 12.2. The van der Waals surface area contributed by atoms with Gasteiger partial charge in [0, 0.05) is 23.3 Å². The average Bonchev–Trinajstić information content (AvgIpc) is 2.29. The number of hydrogen-bond donors (Lipinski definition) is 2. The third-order valence-corrected chi connectivity index (χ3v) is 3.53. The van der Waals surface area contributed by atoms with Crippen LogP contribution in [0.25, 0.3) is 0 Å². The molecule has 1 heterocycles. The first kappa shape index (κ1) is 13.1. The Kier molecular flexibility index (Phi) is 4.44. The number of nitrogens with one attached hydrogen (secondary N) is 1. The van der Waals surface area contributed by atoms with Crippen molar-refractivity contribution in [2.24, 2.45) is 11.8 Å². The highest BCUT2D eigenvalue weighted by Crippen LogP contribution is 2.28. The lowest BCUT2D eigenvalue weighted by atomic mass is 9.80. The molecule has 0 aliphatic rings. The van der Waals surface area contributed by atoms with Crippen LogP contribution >= 0.6 is 0 Å². The van der Waals surface area contributed by atoms with E-state index in [0.29, 0.717) is 11.8 Å². The molecular formula is C13H23N3. The van der Waals surface area contributed by atoms with Crippen LogP contribution in [-0.4, -0.2) is 10.5 Å². The molecule has 1 aromatic heterocycles. The lowest BCUT2D eigenvalue weighted by Gasteiger charge is -2.35. The molecule has 1 aromatic rings. The van der Waals surface area contributed by atoms with Crippen molar-refractivity contribution < 1.29 is 0 Å². The summed E-state index contributed by atoms with van der Waals surface area (Å²) in [7, 11) is 0. The summed E-state index contributed by atoms with van der Waals surface area (Å²) in [4.78, 5) is 4.39. The van der Waals surface area contributed by atoms with Gasteiger partial charge in [-0.1, -0.05) is 26.8 Å². The lowest BCUT2D eigenvalue weighted by molar-refractivity contribution is 0.231. The molecular weight excluding hydrogens is 198 g/mol. The monoisotopic (exact) mass is 221 g/mol. The molecule has 0 aliphatic carbocycles. The van der Waals surface area contributed by atoms with Crippen LogP contribution in [0, 0.1) is 5.92 Å². The average molecular weight is 221 g/mol. The number of nitrogens with two attached hydrogens (primary N) is 1. The lowest BCUT2D eigenvalue weighted by Crippen LogP contribution is -2.51. The van der Waals surface area contributed by atoms with Gasteiger partial charge in [0.1, 0.15) is 0 Å². The van der Waals surface area contributed by atoms with Gasteiger partial charge in [-0.3, -0.25) is 16.3 Å². The maximum Gasteiger partial charge on any atom is 0.0432 e. The molecule has 0 radical (unpaired) electrons. The van der Waals surface area contributed by atoms with Gasteiger partial charge in [-0.05, 0) is 31.4 Å². The summed E-state index contributed by atoms with van der Waals surface area (Å²) in [6.45, 7) is 8.73. The second kappa shape index (κ2) is 5.41. The van der Waals surface area contributed by atoms with Gasteiger partial charge in [-0.25, -0.2) is 0 Å². The van der Waals surface area contributed by atoms with Crippen LogP contribution in [0.3, 0.4) is 0 Å². The van der Waals surface area contributed by atoms with Gasteiger partial charge < -0.3 is 0 Å². The molecule has 3 nitrogen and oxygen atoms in total. The number of aromatic nitrogens is 1. The minimum atomic E-state index is -0.0447. The quantitative estimate of drug-likeness (QED) is 0.593. The van der Waals surface area contributed by atoms with Gasteiger partial charge in [0.25, 0.3) is 0 Å². The van der Waals surface area contributed by atoms with E-state index in [2.05, 4.69) is 44.2 Å². The summed E-state index contributed by atoms with van der Waals surface area (Å²) >= 11 is 0. The molecule has 2 unspecified atom stereocenters. The minimum Gasteiger partial charge on any atom is -0.271 e. The molecule has 0 aromatic carbocycles. The molecule has 90 valence electrons. The van der Waals surface area contributed by atoms with E-state index in [1.807, 2.05) is 18.3 Å². The van der Waals surface area contributed by atoms with Gasteiger partial charge >= 0.3 is 0 Å². The van der Waals surface area contributed by atoms with Crippen molar-refractivity contribution in [1.82, 2.24) is 10.4 Å². The highest BCUT2D eigenvalue weighted by Gasteiger charge is 2.29. The van der Waals surface area contributed by atoms with E-state index >= 15 is 0 Å². The Hall–Kier alpha value is -0.930. The molecule has 16 heavy (non-hydrogen) atoms. The fourth-order valence-electron chi connectivity index (χ4n) is 1.87. The number of hydrogen-bond acceptors (Lipinski definition) is 3. The predicted octanol–water partition coefficient (Wildman–Crippen LogP) is 2.45. The normalized spacial score (nSPS) is 17.1. The molecule has 0 bridgehead atoms. The minimum absolute atomic E-state index is 0.0447. The summed E-state index contributed by atoms with van der Waals surface area (Å²) in [6.07, 6.45) is 2.83. The Bertz CT molecular complexity index is 310. The van der Waals surface area contributed by atoms with Crippen LogP contribution in [0.4, 0.5) is 0 Å². The van der Waals surface area contributed by atoms with E-state index in [1.165, 1.54) is 0 Å². The van der Waals surface area contributed by atoms with E-state index in [-0.39, 0.29) is 5.54 Å². The number of pyridine rings is 1. The van der Waals surface area contributed by atoms with Gasteiger partial charge in [0.2, 0.25) is 0 Å². The van der Waals surface area contributed by atoms with Crippen LogP contribution in [0.15, 0.2) is 24.4 Å². The van der Waals surface area contributed by atoms with Crippen LogP contribution in [0.5, 0.6) is 0 Å². The topological polar surface area (TPSA) is 50.9 Å². The van der Waals surface area contributed by atoms with Crippen molar-refractivity contribution >= 4 is 0 Å². The van der Waals surface area contributed by atoms with E-state index in [0.717, 1.165) is 12.1 Å². The molecule has 2 atom stereocenters. The fraction of sp³-hybridized carbons (Fsp3) is 0.615. The maximum absolute atomic E-state index is 5.66. The second-order valence-corrected chi connectivity index (χ2v) is 5.08. The Balaban J connectivity index is 2.74. The first-order valence-electron chi connectivity index (χ1n) is 5.88. The first-order chi connectivity index (χ1) is 7.49. The molecule has 3 heteroatoms. The molecule has 0 spiro atoms. The largest absolute Gasteiger partial charge is 0.271 e. The van der Waals surface area contributed by atoms with Crippen LogP contribution in [0.1, 0.15) is 45.7 Å². The zero-order valence-corrected chi connectivity index (χ0v) is 10.7. The number of rotatable bonds is 5. The molecule has 0 saturated heterocycles. The summed E-state index contributed by atoms with van der Waals surface area (Å²) < 4.78 is 0. The summed E-state index contributed by atoms with van der Waals surface area (Å²) in [5.41, 5.74) is 4.04. The summed E-state index contributed by atoms with van der Waals surface area (Å²) in [5, 5.41) is 0. The Morgan fingerprint density at radius 2 is 2.06 bits per heavy atom. The molecule has 0 saturated carbocycles. The molecule has 1 rings (SSSR count). The third kappa shape index (κ3) is 3.03. The number of hydrazine groups is 1. The van der Waals surface area contributed by atoms with Crippen molar-refractivity contribution in [2.75, 3.05) is 0 Å². The van der Waals surface area contributed by atoms with Gasteiger partial charge in [-0.15, -0.1) is 0 Å². The standard InChI is InChI=1S/C13H23N3/c1-10(2)13(4,16-14)9-11(3)12-7-5-6-8-15-12/h5-8,10-11,16H,9,14H2,1-4H3. The van der Waals surface area contributed by atoms with Crippen molar-refractivity contribution in [3.63, 3.8) is 0 Å². The predicted molar refractivity (Wildman–Crippen MR) is 67.8 cm³/mol. The Morgan fingerprint density at radius 1 is 1.38 bits per heavy atom. The van der Waals surface area contributed by atoms with Crippen LogP contribution in [0.2, 0.25) is 0 Å². The van der Waals surface area contributed by atoms with E-state index in [1.54, 1.807) is 0 Å². The van der Waals surface area contributed by atoms with E-state index < -0.39 is 0 Å². The Morgan fingerprint density at radius 3 is 2.50 bits per heavy atom. The SMILES string of the molecule is CC(CC(C)(NN)C(C)C)c1ccccn1. The van der Waals surface area contributed by atoms with Crippen molar-refractivity contribution in [3.8, 4) is 0 Å². The maximum atomic E-state index is 5.66. The first-order valence-corrected chi connectivity index (χ1v) is 5.88.